The molecule has 1 heterocycles. The number of aromatic nitrogens is 2. The number of imidazole rings is 1. The quantitative estimate of drug-likeness (QED) is 0.102. The number of nitro groups is 1. The third-order valence-electron chi connectivity index (χ3n) is 5.67. The van der Waals surface area contributed by atoms with E-state index >= 15 is 0 Å². The Morgan fingerprint density at radius 1 is 0.917 bits per heavy atom. The molecule has 1 amide bonds. The van der Waals surface area contributed by atoms with Crippen LogP contribution >= 0.6 is 0 Å². The minimum atomic E-state index is -0.528. The first kappa shape index (κ1) is 22.5. The fraction of sp³-hybridized carbons (Fsp3) is 0. The average Bonchev–Trinajstić information content (AvgIpc) is 3.24. The normalized spacial score (nSPS) is 11.4. The van der Waals surface area contributed by atoms with Gasteiger partial charge < -0.3 is 10.5 Å². The Morgan fingerprint density at radius 3 is 2.25 bits per heavy atom. The Morgan fingerprint density at radius 2 is 1.58 bits per heavy atom. The molecule has 4 aromatic carbocycles. The van der Waals surface area contributed by atoms with Gasteiger partial charge in [-0.25, -0.2) is 4.98 Å². The van der Waals surface area contributed by atoms with Crippen molar-refractivity contribution in [2.75, 3.05) is 5.32 Å². The molecular formula is C28H20N4O4. The molecule has 0 spiro atoms. The van der Waals surface area contributed by atoms with Crippen LogP contribution in [0.25, 0.3) is 34.1 Å². The second-order valence-electron chi connectivity index (χ2n) is 8.04. The van der Waals surface area contributed by atoms with Gasteiger partial charge in [-0.15, -0.1) is 0 Å². The molecule has 5 rings (SSSR count). The summed E-state index contributed by atoms with van der Waals surface area (Å²) in [4.78, 5) is 28.1. The maximum atomic E-state index is 13.2. The lowest BCUT2D eigenvalue weighted by molar-refractivity contribution is -0.384. The Bertz CT molecular complexity index is 1590. The zero-order chi connectivity index (χ0) is 25.1. The molecule has 0 aliphatic carbocycles. The highest BCUT2D eigenvalue weighted by atomic mass is 16.6. The maximum Gasteiger partial charge on any atom is 0.271 e. The van der Waals surface area contributed by atoms with Crippen LogP contribution in [0.4, 0.5) is 11.4 Å². The van der Waals surface area contributed by atoms with Crippen molar-refractivity contribution in [3.8, 4) is 11.4 Å². The number of benzene rings is 4. The summed E-state index contributed by atoms with van der Waals surface area (Å²) in [6.07, 6.45) is 1.84. The largest absolute Gasteiger partial charge is 0.426 e. The monoisotopic (exact) mass is 476 g/mol. The third kappa shape index (κ3) is 4.55. The van der Waals surface area contributed by atoms with Gasteiger partial charge in [-0.2, -0.15) is 4.73 Å². The standard InChI is InChI=1S/C28H20N4O4/c33-28(24(20-9-5-2-6-10-20)17-19-7-3-1-4-8-19)29-22-13-11-21(12-14-22)27-30-25-16-15-23(32(35)36)18-26(25)31(27)34/h1-18,34H,(H,29,33). The van der Waals surface area contributed by atoms with Gasteiger partial charge >= 0.3 is 0 Å². The molecule has 8 nitrogen and oxygen atoms in total. The number of nitrogens with zero attached hydrogens (tertiary/aromatic N) is 3. The lowest BCUT2D eigenvalue weighted by Gasteiger charge is -2.10. The number of nitro benzene ring substituents is 1. The highest BCUT2D eigenvalue weighted by Gasteiger charge is 2.17. The molecule has 36 heavy (non-hydrogen) atoms. The summed E-state index contributed by atoms with van der Waals surface area (Å²) in [6, 6.07) is 30.0. The molecular weight excluding hydrogens is 456 g/mol. The van der Waals surface area contributed by atoms with Crippen molar-refractivity contribution in [2.24, 2.45) is 0 Å². The number of rotatable bonds is 6. The molecule has 2 N–H and O–H groups in total. The van der Waals surface area contributed by atoms with Crippen molar-refractivity contribution in [2.45, 2.75) is 0 Å². The van der Waals surface area contributed by atoms with Crippen LogP contribution in [-0.2, 0) is 4.79 Å². The number of nitrogens with one attached hydrogen (secondary N) is 1. The predicted molar refractivity (Wildman–Crippen MR) is 138 cm³/mol. The van der Waals surface area contributed by atoms with E-state index in [0.717, 1.165) is 15.9 Å². The molecule has 176 valence electrons. The van der Waals surface area contributed by atoms with Crippen molar-refractivity contribution >= 4 is 40.0 Å². The number of non-ortho nitro benzene ring substituents is 1. The summed E-state index contributed by atoms with van der Waals surface area (Å²) >= 11 is 0. The highest BCUT2D eigenvalue weighted by molar-refractivity contribution is 6.29. The Labute approximate surface area is 205 Å². The predicted octanol–water partition coefficient (Wildman–Crippen LogP) is 6.03. The average molecular weight is 476 g/mol. The fourth-order valence-electron chi connectivity index (χ4n) is 3.87. The van der Waals surface area contributed by atoms with E-state index in [1.165, 1.54) is 18.2 Å². The third-order valence-corrected chi connectivity index (χ3v) is 5.67. The molecule has 5 aromatic rings. The van der Waals surface area contributed by atoms with E-state index in [1.54, 1.807) is 24.3 Å². The zero-order valence-electron chi connectivity index (χ0n) is 18.9. The van der Waals surface area contributed by atoms with Crippen LogP contribution in [0, 0.1) is 10.1 Å². The summed E-state index contributed by atoms with van der Waals surface area (Å²) in [5, 5.41) is 24.5. The van der Waals surface area contributed by atoms with E-state index in [9.17, 15) is 20.1 Å². The molecule has 1 aromatic heterocycles. The summed E-state index contributed by atoms with van der Waals surface area (Å²) in [7, 11) is 0. The van der Waals surface area contributed by atoms with Crippen LogP contribution < -0.4 is 5.32 Å². The second kappa shape index (κ2) is 9.55. The van der Waals surface area contributed by atoms with E-state index in [2.05, 4.69) is 10.3 Å². The van der Waals surface area contributed by atoms with E-state index in [4.69, 9.17) is 0 Å². The number of hydrogen-bond acceptors (Lipinski definition) is 5. The number of hydrogen-bond donors (Lipinski definition) is 2. The van der Waals surface area contributed by atoms with E-state index in [-0.39, 0.29) is 22.9 Å². The fourth-order valence-corrected chi connectivity index (χ4v) is 3.87. The van der Waals surface area contributed by atoms with Crippen LogP contribution in [-0.4, -0.2) is 25.8 Å². The molecule has 0 unspecified atom stereocenters. The molecule has 8 heteroatoms. The maximum absolute atomic E-state index is 13.2. The van der Waals surface area contributed by atoms with Gasteiger partial charge in [0.05, 0.1) is 10.4 Å². The van der Waals surface area contributed by atoms with E-state index < -0.39 is 4.92 Å². The number of amides is 1. The summed E-state index contributed by atoms with van der Waals surface area (Å²) in [5.41, 5.74) is 3.88. The van der Waals surface area contributed by atoms with Crippen molar-refractivity contribution in [3.63, 3.8) is 0 Å². The first-order chi connectivity index (χ1) is 17.5. The zero-order valence-corrected chi connectivity index (χ0v) is 18.9. The van der Waals surface area contributed by atoms with Crippen molar-refractivity contribution in [1.82, 2.24) is 9.71 Å². The van der Waals surface area contributed by atoms with Gasteiger partial charge in [0.25, 0.3) is 11.6 Å². The van der Waals surface area contributed by atoms with Gasteiger partial charge in [0.2, 0.25) is 0 Å². The molecule has 0 bridgehead atoms. The van der Waals surface area contributed by atoms with Crippen molar-refractivity contribution in [3.05, 3.63) is 124 Å². The van der Waals surface area contributed by atoms with Gasteiger partial charge in [-0.3, -0.25) is 14.9 Å². The van der Waals surface area contributed by atoms with Crippen LogP contribution in [0.5, 0.6) is 0 Å². The molecule has 0 atom stereocenters. The number of carbonyl (C=O) groups is 1. The van der Waals surface area contributed by atoms with Gasteiger partial charge in [0.15, 0.2) is 5.82 Å². The first-order valence-electron chi connectivity index (χ1n) is 11.1. The van der Waals surface area contributed by atoms with Gasteiger partial charge in [0.1, 0.15) is 5.52 Å². The molecule has 0 saturated carbocycles. The van der Waals surface area contributed by atoms with Gasteiger partial charge in [-0.1, -0.05) is 60.7 Å². The Balaban J connectivity index is 1.42. The van der Waals surface area contributed by atoms with E-state index in [0.29, 0.717) is 22.3 Å². The minimum absolute atomic E-state index is 0.139. The summed E-state index contributed by atoms with van der Waals surface area (Å²) in [6.45, 7) is 0. The number of fused-ring (bicyclic) bond motifs is 1. The highest BCUT2D eigenvalue weighted by Crippen LogP contribution is 2.28. The minimum Gasteiger partial charge on any atom is -0.426 e. The Hall–Kier alpha value is -5.24. The smallest absolute Gasteiger partial charge is 0.271 e. The number of anilines is 1. The topological polar surface area (TPSA) is 110 Å². The van der Waals surface area contributed by atoms with Crippen LogP contribution in [0.2, 0.25) is 0 Å². The van der Waals surface area contributed by atoms with Crippen LogP contribution in [0.15, 0.2) is 103 Å². The summed E-state index contributed by atoms with van der Waals surface area (Å²) in [5.74, 6) is -0.0307. The van der Waals surface area contributed by atoms with Crippen molar-refractivity contribution in [1.29, 1.82) is 0 Å². The first-order valence-corrected chi connectivity index (χ1v) is 11.1. The van der Waals surface area contributed by atoms with Crippen LogP contribution in [0.1, 0.15) is 11.1 Å². The molecule has 0 saturated heterocycles. The number of carbonyl (C=O) groups excluding carboxylic acids is 1. The van der Waals surface area contributed by atoms with Crippen molar-refractivity contribution < 1.29 is 14.9 Å². The Kier molecular flexibility index (Phi) is 5.98. The SMILES string of the molecule is O=C(Nc1ccc(-c2nc3ccc([N+](=O)[O-])cc3n2O)cc1)C(=Cc1ccccc1)c1ccccc1. The van der Waals surface area contributed by atoms with Gasteiger partial charge in [-0.05, 0) is 47.5 Å². The lowest BCUT2D eigenvalue weighted by atomic mass is 10.0. The second-order valence-corrected chi connectivity index (χ2v) is 8.04. The van der Waals surface area contributed by atoms with Crippen LogP contribution in [0.3, 0.4) is 0 Å². The molecule has 0 aliphatic rings. The molecule has 0 fully saturated rings. The van der Waals surface area contributed by atoms with E-state index in [1.807, 2.05) is 66.7 Å². The lowest BCUT2D eigenvalue weighted by Crippen LogP contribution is -2.13. The van der Waals surface area contributed by atoms with Gasteiger partial charge in [0, 0.05) is 29.0 Å². The summed E-state index contributed by atoms with van der Waals surface area (Å²) < 4.78 is 0.825. The molecule has 0 radical (unpaired) electrons. The molecule has 0 aliphatic heterocycles.